The number of benzene rings is 3. The van der Waals surface area contributed by atoms with E-state index in [1.807, 2.05) is 63.2 Å². The van der Waals surface area contributed by atoms with Crippen molar-refractivity contribution in [2.75, 3.05) is 5.32 Å². The van der Waals surface area contributed by atoms with Gasteiger partial charge in [-0.1, -0.05) is 69.3 Å². The molecule has 0 aliphatic rings. The van der Waals surface area contributed by atoms with Crippen LogP contribution in [0.15, 0.2) is 66.7 Å². The topological polar surface area (TPSA) is 69.6 Å². The highest BCUT2D eigenvalue weighted by molar-refractivity contribution is 6.06. The van der Waals surface area contributed by atoms with Gasteiger partial charge in [0.05, 0.1) is 0 Å². The number of anilines is 1. The molecule has 0 heterocycles. The summed E-state index contributed by atoms with van der Waals surface area (Å²) < 4.78 is 0. The van der Waals surface area contributed by atoms with E-state index in [1.54, 1.807) is 18.2 Å². The van der Waals surface area contributed by atoms with Gasteiger partial charge in [0.25, 0.3) is 5.91 Å². The van der Waals surface area contributed by atoms with E-state index in [2.05, 4.69) is 5.32 Å². The highest BCUT2D eigenvalue weighted by atomic mass is 16.3. The first-order chi connectivity index (χ1) is 12.8. The SMILES string of the molecule is CC(C)(C)c1ccc(O)c(NC(=O)c2ccc(-c3ccccc3)cc2)c1O. The average Bonchev–Trinajstić information content (AvgIpc) is 2.64. The molecule has 4 heteroatoms. The van der Waals surface area contributed by atoms with Crippen molar-refractivity contribution in [3.63, 3.8) is 0 Å². The summed E-state index contributed by atoms with van der Waals surface area (Å²) >= 11 is 0. The minimum atomic E-state index is -0.397. The van der Waals surface area contributed by atoms with Crippen molar-refractivity contribution in [2.24, 2.45) is 0 Å². The molecular weight excluding hydrogens is 338 g/mol. The predicted molar refractivity (Wildman–Crippen MR) is 108 cm³/mol. The second kappa shape index (κ2) is 7.16. The van der Waals surface area contributed by atoms with Gasteiger partial charge >= 0.3 is 0 Å². The maximum atomic E-state index is 12.6. The fourth-order valence-corrected chi connectivity index (χ4v) is 2.94. The van der Waals surface area contributed by atoms with Crippen molar-refractivity contribution >= 4 is 11.6 Å². The summed E-state index contributed by atoms with van der Waals surface area (Å²) in [6.45, 7) is 5.85. The first-order valence-corrected chi connectivity index (χ1v) is 8.79. The fourth-order valence-electron chi connectivity index (χ4n) is 2.94. The molecule has 0 unspecified atom stereocenters. The Balaban J connectivity index is 1.86. The summed E-state index contributed by atoms with van der Waals surface area (Å²) in [5, 5.41) is 23.2. The predicted octanol–water partition coefficient (Wildman–Crippen LogP) is 5.31. The van der Waals surface area contributed by atoms with Crippen LogP contribution in [0.2, 0.25) is 0 Å². The number of carbonyl (C=O) groups is 1. The highest BCUT2D eigenvalue weighted by Gasteiger charge is 2.23. The molecule has 138 valence electrons. The Morgan fingerprint density at radius 3 is 2.00 bits per heavy atom. The summed E-state index contributed by atoms with van der Waals surface area (Å²) in [5.74, 6) is -0.683. The lowest BCUT2D eigenvalue weighted by Crippen LogP contribution is -2.15. The molecule has 0 radical (unpaired) electrons. The fraction of sp³-hybridized carbons (Fsp3) is 0.174. The third-order valence-electron chi connectivity index (χ3n) is 4.46. The molecule has 4 nitrogen and oxygen atoms in total. The summed E-state index contributed by atoms with van der Waals surface area (Å²) in [6.07, 6.45) is 0. The van der Waals surface area contributed by atoms with Crippen LogP contribution in [0.3, 0.4) is 0 Å². The molecule has 0 aromatic heterocycles. The Bertz CT molecular complexity index is 955. The Morgan fingerprint density at radius 2 is 1.41 bits per heavy atom. The van der Waals surface area contributed by atoms with E-state index in [9.17, 15) is 15.0 Å². The normalized spacial score (nSPS) is 11.2. The number of phenols is 2. The molecular formula is C23H23NO3. The number of hydrogen-bond acceptors (Lipinski definition) is 3. The number of nitrogens with one attached hydrogen (secondary N) is 1. The molecule has 0 fully saturated rings. The van der Waals surface area contributed by atoms with Crippen LogP contribution in [0.1, 0.15) is 36.7 Å². The average molecular weight is 361 g/mol. The van der Waals surface area contributed by atoms with Gasteiger partial charge in [-0.25, -0.2) is 0 Å². The van der Waals surface area contributed by atoms with Gasteiger partial charge in [-0.2, -0.15) is 0 Å². The molecule has 0 atom stereocenters. The molecule has 3 aromatic rings. The molecule has 0 bridgehead atoms. The molecule has 3 N–H and O–H groups in total. The Hall–Kier alpha value is -3.27. The Kier molecular flexibility index (Phi) is 4.91. The lowest BCUT2D eigenvalue weighted by atomic mass is 9.86. The van der Waals surface area contributed by atoms with Crippen molar-refractivity contribution in [1.29, 1.82) is 0 Å². The van der Waals surface area contributed by atoms with Crippen LogP contribution in [-0.4, -0.2) is 16.1 Å². The molecule has 0 aliphatic heterocycles. The molecule has 3 aromatic carbocycles. The van der Waals surface area contributed by atoms with Gasteiger partial charge < -0.3 is 15.5 Å². The zero-order valence-electron chi connectivity index (χ0n) is 15.7. The molecule has 3 rings (SSSR count). The molecule has 0 saturated heterocycles. The monoisotopic (exact) mass is 361 g/mol. The van der Waals surface area contributed by atoms with Crippen LogP contribution in [0.5, 0.6) is 11.5 Å². The Labute approximate surface area is 159 Å². The van der Waals surface area contributed by atoms with Gasteiger partial charge in [0.1, 0.15) is 17.2 Å². The van der Waals surface area contributed by atoms with E-state index in [0.717, 1.165) is 11.1 Å². The molecule has 0 saturated carbocycles. The molecule has 1 amide bonds. The lowest BCUT2D eigenvalue weighted by Gasteiger charge is -2.22. The quantitative estimate of drug-likeness (QED) is 0.553. The molecule has 0 aliphatic carbocycles. The number of carbonyl (C=O) groups excluding carboxylic acids is 1. The third kappa shape index (κ3) is 3.95. The maximum absolute atomic E-state index is 12.6. The molecule has 27 heavy (non-hydrogen) atoms. The van der Waals surface area contributed by atoms with Crippen LogP contribution >= 0.6 is 0 Å². The van der Waals surface area contributed by atoms with Gasteiger partial charge in [0.15, 0.2) is 0 Å². The largest absolute Gasteiger partial charge is 0.506 e. The van der Waals surface area contributed by atoms with Crippen molar-refractivity contribution in [1.82, 2.24) is 0 Å². The summed E-state index contributed by atoms with van der Waals surface area (Å²) in [4.78, 5) is 12.6. The molecule has 0 spiro atoms. The number of hydrogen-bond donors (Lipinski definition) is 3. The van der Waals surface area contributed by atoms with Gasteiger partial charge in [-0.3, -0.25) is 4.79 Å². The lowest BCUT2D eigenvalue weighted by molar-refractivity contribution is 0.102. The first kappa shape index (κ1) is 18.5. The van der Waals surface area contributed by atoms with Gasteiger partial charge in [0, 0.05) is 11.1 Å². The van der Waals surface area contributed by atoms with Crippen LogP contribution < -0.4 is 5.32 Å². The zero-order valence-corrected chi connectivity index (χ0v) is 15.7. The van der Waals surface area contributed by atoms with Crippen LogP contribution in [-0.2, 0) is 5.41 Å². The van der Waals surface area contributed by atoms with E-state index >= 15 is 0 Å². The minimum Gasteiger partial charge on any atom is -0.506 e. The second-order valence-corrected chi connectivity index (χ2v) is 7.50. The van der Waals surface area contributed by atoms with Crippen molar-refractivity contribution < 1.29 is 15.0 Å². The van der Waals surface area contributed by atoms with Crippen molar-refractivity contribution in [3.05, 3.63) is 77.9 Å². The van der Waals surface area contributed by atoms with E-state index in [1.165, 1.54) is 6.07 Å². The first-order valence-electron chi connectivity index (χ1n) is 8.79. The number of phenolic OH excluding ortho intramolecular Hbond substituents is 2. The summed E-state index contributed by atoms with van der Waals surface area (Å²) in [5.41, 5.74) is 2.86. The van der Waals surface area contributed by atoms with E-state index in [0.29, 0.717) is 11.1 Å². The highest BCUT2D eigenvalue weighted by Crippen LogP contribution is 2.41. The van der Waals surface area contributed by atoms with Crippen molar-refractivity contribution in [2.45, 2.75) is 26.2 Å². The van der Waals surface area contributed by atoms with Gasteiger partial charge in [-0.15, -0.1) is 0 Å². The smallest absolute Gasteiger partial charge is 0.255 e. The van der Waals surface area contributed by atoms with Crippen LogP contribution in [0, 0.1) is 0 Å². The van der Waals surface area contributed by atoms with E-state index < -0.39 is 5.91 Å². The second-order valence-electron chi connectivity index (χ2n) is 7.50. The Morgan fingerprint density at radius 1 is 0.815 bits per heavy atom. The number of amides is 1. The van der Waals surface area contributed by atoms with E-state index in [4.69, 9.17) is 0 Å². The standard InChI is InChI=1S/C23H23NO3/c1-23(2,3)18-13-14-19(25)20(21(18)26)24-22(27)17-11-9-16(10-12-17)15-7-5-4-6-8-15/h4-14,25-26H,1-3H3,(H,24,27). The summed E-state index contributed by atoms with van der Waals surface area (Å²) in [7, 11) is 0. The van der Waals surface area contributed by atoms with Crippen LogP contribution in [0.4, 0.5) is 5.69 Å². The van der Waals surface area contributed by atoms with Gasteiger partial charge in [-0.05, 0) is 34.7 Å². The maximum Gasteiger partial charge on any atom is 0.255 e. The number of rotatable bonds is 3. The minimum absolute atomic E-state index is 0.0274. The zero-order chi connectivity index (χ0) is 19.6. The van der Waals surface area contributed by atoms with E-state index in [-0.39, 0.29) is 22.6 Å². The van der Waals surface area contributed by atoms with Crippen LogP contribution in [0.25, 0.3) is 11.1 Å². The van der Waals surface area contributed by atoms with Crippen molar-refractivity contribution in [3.8, 4) is 22.6 Å². The third-order valence-corrected chi connectivity index (χ3v) is 4.46. The number of aromatic hydroxyl groups is 2. The van der Waals surface area contributed by atoms with Gasteiger partial charge in [0.2, 0.25) is 0 Å². The summed E-state index contributed by atoms with van der Waals surface area (Å²) in [6, 6.07) is 20.2.